The lowest BCUT2D eigenvalue weighted by molar-refractivity contribution is -0.160. The van der Waals surface area contributed by atoms with Crippen LogP contribution in [0, 0.1) is 12.3 Å². The highest BCUT2D eigenvalue weighted by Gasteiger charge is 2.28. The van der Waals surface area contributed by atoms with Crippen molar-refractivity contribution >= 4 is 17.8 Å². The van der Waals surface area contributed by atoms with Crippen molar-refractivity contribution in [3.05, 3.63) is 0 Å². The number of ether oxygens (including phenoxy) is 3. The molecule has 0 fully saturated rings. The smallest absolute Gasteiger partial charge is 0.329 e. The zero-order chi connectivity index (χ0) is 22.4. The molecule has 0 aromatic carbocycles. The van der Waals surface area contributed by atoms with Gasteiger partial charge in [0, 0.05) is 6.42 Å². The predicted octanol–water partition coefficient (Wildman–Crippen LogP) is 3.00. The average Bonchev–Trinajstić information content (AvgIpc) is 2.54. The molecule has 28 heavy (non-hydrogen) atoms. The summed E-state index contributed by atoms with van der Waals surface area (Å²) in [4.78, 5) is 36.2. The van der Waals surface area contributed by atoms with Gasteiger partial charge in [-0.25, -0.2) is 4.79 Å². The molecule has 0 saturated carbocycles. The van der Waals surface area contributed by atoms with Gasteiger partial charge >= 0.3 is 11.9 Å². The van der Waals surface area contributed by atoms with E-state index >= 15 is 0 Å². The van der Waals surface area contributed by atoms with Crippen molar-refractivity contribution in [1.29, 1.82) is 0 Å². The Morgan fingerprint density at radius 1 is 0.964 bits per heavy atom. The number of rotatable bonds is 9. The maximum absolute atomic E-state index is 12.3. The third-order valence-corrected chi connectivity index (χ3v) is 2.74. The molecular weight excluding hydrogens is 362 g/mol. The maximum Gasteiger partial charge on any atom is 0.329 e. The third kappa shape index (κ3) is 17.3. The molecule has 0 aromatic heterocycles. The van der Waals surface area contributed by atoms with E-state index < -0.39 is 29.2 Å². The standard InChI is InChI=1S/C19H31NO6.C2H6/c1-8-12-24-13-11-15(21)20-14(17(23)26-19(5,6)7)9-10-16(22)25-18(2,3)4;1-2/h1,14H,9-13H2,2-7H3,(H,20,21);1-2H3. The maximum atomic E-state index is 12.3. The van der Waals surface area contributed by atoms with E-state index in [0.29, 0.717) is 0 Å². The second kappa shape index (κ2) is 14.0. The van der Waals surface area contributed by atoms with Crippen LogP contribution < -0.4 is 5.32 Å². The fraction of sp³-hybridized carbons (Fsp3) is 0.762. The number of nitrogens with one attached hydrogen (secondary N) is 1. The fourth-order valence-electron chi connectivity index (χ4n) is 1.84. The average molecular weight is 400 g/mol. The van der Waals surface area contributed by atoms with Gasteiger partial charge in [0.05, 0.1) is 13.0 Å². The number of carbonyl (C=O) groups is 3. The van der Waals surface area contributed by atoms with E-state index in [2.05, 4.69) is 11.2 Å². The van der Waals surface area contributed by atoms with Gasteiger partial charge in [-0.05, 0) is 48.0 Å². The van der Waals surface area contributed by atoms with E-state index in [-0.39, 0.29) is 38.4 Å². The van der Waals surface area contributed by atoms with Gasteiger partial charge in [-0.15, -0.1) is 6.42 Å². The molecule has 1 N–H and O–H groups in total. The van der Waals surface area contributed by atoms with Gasteiger partial charge in [-0.1, -0.05) is 19.8 Å². The summed E-state index contributed by atoms with van der Waals surface area (Å²) in [6.45, 7) is 14.7. The lowest BCUT2D eigenvalue weighted by atomic mass is 10.1. The van der Waals surface area contributed by atoms with E-state index in [0.717, 1.165) is 0 Å². The molecule has 0 heterocycles. The summed E-state index contributed by atoms with van der Waals surface area (Å²) in [5, 5.41) is 2.58. The zero-order valence-corrected chi connectivity index (χ0v) is 18.6. The molecule has 0 aliphatic heterocycles. The van der Waals surface area contributed by atoms with Crippen molar-refractivity contribution in [1.82, 2.24) is 5.32 Å². The largest absolute Gasteiger partial charge is 0.460 e. The first-order chi connectivity index (χ1) is 12.8. The molecule has 1 atom stereocenters. The molecule has 0 saturated heterocycles. The Kier molecular flexibility index (Phi) is 14.1. The highest BCUT2D eigenvalue weighted by atomic mass is 16.6. The molecule has 0 spiro atoms. The van der Waals surface area contributed by atoms with Gasteiger partial charge in [0.15, 0.2) is 0 Å². The molecule has 7 nitrogen and oxygen atoms in total. The van der Waals surface area contributed by atoms with E-state index in [1.807, 2.05) is 13.8 Å². The van der Waals surface area contributed by atoms with E-state index in [1.54, 1.807) is 41.5 Å². The Bertz CT molecular complexity index is 522. The van der Waals surface area contributed by atoms with Gasteiger partial charge in [-0.2, -0.15) is 0 Å². The SMILES string of the molecule is C#CCOCCC(=O)NC(CCC(=O)OC(C)(C)C)C(=O)OC(C)(C)C.CC. The van der Waals surface area contributed by atoms with Crippen molar-refractivity contribution in [2.24, 2.45) is 0 Å². The summed E-state index contributed by atoms with van der Waals surface area (Å²) in [5.41, 5.74) is -1.32. The van der Waals surface area contributed by atoms with Gasteiger partial charge < -0.3 is 19.5 Å². The topological polar surface area (TPSA) is 90.9 Å². The summed E-state index contributed by atoms with van der Waals surface area (Å²) < 4.78 is 15.6. The van der Waals surface area contributed by atoms with Crippen molar-refractivity contribution < 1.29 is 28.6 Å². The highest BCUT2D eigenvalue weighted by molar-refractivity contribution is 5.85. The number of hydrogen-bond acceptors (Lipinski definition) is 6. The van der Waals surface area contributed by atoms with E-state index in [9.17, 15) is 14.4 Å². The molecule has 0 rings (SSSR count). The molecule has 1 unspecified atom stereocenters. The second-order valence-corrected chi connectivity index (χ2v) is 7.79. The Morgan fingerprint density at radius 2 is 1.50 bits per heavy atom. The molecule has 162 valence electrons. The van der Waals surface area contributed by atoms with Crippen LogP contribution >= 0.6 is 0 Å². The Balaban J connectivity index is 0. The second-order valence-electron chi connectivity index (χ2n) is 7.79. The lowest BCUT2D eigenvalue weighted by Crippen LogP contribution is -2.44. The minimum absolute atomic E-state index is 0.0188. The van der Waals surface area contributed by atoms with Gasteiger partial charge in [-0.3, -0.25) is 9.59 Å². The first-order valence-corrected chi connectivity index (χ1v) is 9.59. The molecular formula is C21H37NO6. The quantitative estimate of drug-likeness (QED) is 0.364. The van der Waals surface area contributed by atoms with Crippen molar-refractivity contribution in [3.8, 4) is 12.3 Å². The summed E-state index contributed by atoms with van der Waals surface area (Å²) in [5.74, 6) is 0.866. The van der Waals surface area contributed by atoms with Crippen molar-refractivity contribution in [2.75, 3.05) is 13.2 Å². The molecule has 0 aromatic rings. The normalized spacial score (nSPS) is 12.0. The summed E-state index contributed by atoms with van der Waals surface area (Å²) in [7, 11) is 0. The summed E-state index contributed by atoms with van der Waals surface area (Å²) >= 11 is 0. The first kappa shape index (κ1) is 28.1. The predicted molar refractivity (Wildman–Crippen MR) is 108 cm³/mol. The van der Waals surface area contributed by atoms with Crippen LogP contribution in [0.3, 0.4) is 0 Å². The summed E-state index contributed by atoms with van der Waals surface area (Å²) in [6.07, 6.45) is 5.17. The van der Waals surface area contributed by atoms with Gasteiger partial charge in [0.25, 0.3) is 0 Å². The number of esters is 2. The van der Waals surface area contributed by atoms with E-state index in [1.165, 1.54) is 0 Å². The van der Waals surface area contributed by atoms with Crippen LogP contribution in [-0.4, -0.2) is 48.3 Å². The van der Waals surface area contributed by atoms with Crippen LogP contribution in [0.1, 0.15) is 74.7 Å². The van der Waals surface area contributed by atoms with Crippen molar-refractivity contribution in [2.45, 2.75) is 91.9 Å². The molecule has 0 radical (unpaired) electrons. The van der Waals surface area contributed by atoms with Crippen LogP contribution in [-0.2, 0) is 28.6 Å². The van der Waals surface area contributed by atoms with Crippen LogP contribution in [0.25, 0.3) is 0 Å². The fourth-order valence-corrected chi connectivity index (χ4v) is 1.84. The number of carbonyl (C=O) groups excluding carboxylic acids is 3. The molecule has 7 heteroatoms. The molecule has 0 aliphatic rings. The number of amides is 1. The number of terminal acetylenes is 1. The van der Waals surface area contributed by atoms with Crippen LogP contribution in [0.15, 0.2) is 0 Å². The van der Waals surface area contributed by atoms with Gasteiger partial charge in [0.2, 0.25) is 5.91 Å². The van der Waals surface area contributed by atoms with Gasteiger partial charge in [0.1, 0.15) is 23.9 Å². The number of hydrogen-bond donors (Lipinski definition) is 1. The van der Waals surface area contributed by atoms with Crippen LogP contribution in [0.4, 0.5) is 0 Å². The monoisotopic (exact) mass is 399 g/mol. The van der Waals surface area contributed by atoms with Crippen LogP contribution in [0.2, 0.25) is 0 Å². The minimum atomic E-state index is -0.943. The molecule has 0 bridgehead atoms. The third-order valence-electron chi connectivity index (χ3n) is 2.74. The Hall–Kier alpha value is -2.07. The lowest BCUT2D eigenvalue weighted by Gasteiger charge is -2.25. The minimum Gasteiger partial charge on any atom is -0.460 e. The van der Waals surface area contributed by atoms with Crippen molar-refractivity contribution in [3.63, 3.8) is 0 Å². The highest BCUT2D eigenvalue weighted by Crippen LogP contribution is 2.13. The first-order valence-electron chi connectivity index (χ1n) is 9.59. The Labute approximate surface area is 169 Å². The Morgan fingerprint density at radius 3 is 1.96 bits per heavy atom. The zero-order valence-electron chi connectivity index (χ0n) is 18.6. The summed E-state index contributed by atoms with van der Waals surface area (Å²) in [6, 6.07) is -0.943. The van der Waals surface area contributed by atoms with Crippen LogP contribution in [0.5, 0.6) is 0 Å². The molecule has 1 amide bonds. The molecule has 0 aliphatic carbocycles. The van der Waals surface area contributed by atoms with E-state index in [4.69, 9.17) is 20.6 Å².